The largest absolute Gasteiger partial charge is 0.479 e. The molecule has 0 saturated carbocycles. The summed E-state index contributed by atoms with van der Waals surface area (Å²) < 4.78 is 6.29. The molecule has 1 aromatic carbocycles. The highest BCUT2D eigenvalue weighted by atomic mass is 79.9. The van der Waals surface area contributed by atoms with Gasteiger partial charge in [-0.3, -0.25) is 0 Å². The Hall–Kier alpha value is -0.740. The smallest absolute Gasteiger partial charge is 0.344 e. The van der Waals surface area contributed by atoms with Crippen LogP contribution in [0.25, 0.3) is 0 Å². The summed E-state index contributed by atoms with van der Waals surface area (Å²) in [5, 5.41) is 8.89. The summed E-state index contributed by atoms with van der Waals surface area (Å²) in [6.07, 6.45) is -0.421. The predicted molar refractivity (Wildman–Crippen MR) is 66.0 cm³/mol. The van der Waals surface area contributed by atoms with E-state index in [9.17, 15) is 4.79 Å². The molecule has 0 aliphatic heterocycles. The lowest BCUT2D eigenvalue weighted by molar-refractivity contribution is -0.145. The van der Waals surface area contributed by atoms with Gasteiger partial charge in [0.15, 0.2) is 6.10 Å². The molecular formula is C11H12BrClO3. The zero-order chi connectivity index (χ0) is 12.1. The molecular weight excluding hydrogens is 295 g/mol. The van der Waals surface area contributed by atoms with E-state index in [0.717, 1.165) is 10.0 Å². The number of alkyl halides is 1. The van der Waals surface area contributed by atoms with E-state index >= 15 is 0 Å². The summed E-state index contributed by atoms with van der Waals surface area (Å²) in [4.78, 5) is 10.8. The third kappa shape index (κ3) is 3.39. The minimum absolute atomic E-state index is 0.283. The molecule has 1 rings (SSSR count). The summed E-state index contributed by atoms with van der Waals surface area (Å²) in [7, 11) is 0. The van der Waals surface area contributed by atoms with Crippen molar-refractivity contribution in [3.63, 3.8) is 0 Å². The fraction of sp³-hybridized carbons (Fsp3) is 0.364. The first-order chi connectivity index (χ1) is 7.58. The van der Waals surface area contributed by atoms with Gasteiger partial charge in [-0.2, -0.15) is 0 Å². The molecule has 1 unspecified atom stereocenters. The van der Waals surface area contributed by atoms with Gasteiger partial charge < -0.3 is 9.84 Å². The van der Waals surface area contributed by atoms with Crippen LogP contribution in [0.2, 0.25) is 0 Å². The summed E-state index contributed by atoms with van der Waals surface area (Å²) in [5.41, 5.74) is 0.774. The standard InChI is InChI=1S/C11H12BrClO3/c1-2-9(11(14)15)16-10-4-3-8(12)5-7(10)6-13/h3-5,9H,2,6H2,1H3,(H,14,15). The van der Waals surface area contributed by atoms with Crippen LogP contribution in [0.4, 0.5) is 0 Å². The number of hydrogen-bond donors (Lipinski definition) is 1. The average molecular weight is 308 g/mol. The maximum absolute atomic E-state index is 10.8. The van der Waals surface area contributed by atoms with Gasteiger partial charge in [0.25, 0.3) is 0 Å². The molecule has 1 N–H and O–H groups in total. The van der Waals surface area contributed by atoms with Crippen LogP contribution in [0.3, 0.4) is 0 Å². The Morgan fingerprint density at radius 2 is 2.31 bits per heavy atom. The summed E-state index contributed by atoms with van der Waals surface area (Å²) >= 11 is 9.08. The van der Waals surface area contributed by atoms with Crippen molar-refractivity contribution in [2.24, 2.45) is 0 Å². The molecule has 0 amide bonds. The van der Waals surface area contributed by atoms with Gasteiger partial charge in [0.05, 0.1) is 5.88 Å². The van der Waals surface area contributed by atoms with Crippen molar-refractivity contribution in [1.82, 2.24) is 0 Å². The monoisotopic (exact) mass is 306 g/mol. The van der Waals surface area contributed by atoms with Crippen molar-refractivity contribution in [1.29, 1.82) is 0 Å². The van der Waals surface area contributed by atoms with Crippen LogP contribution in [0.1, 0.15) is 18.9 Å². The maximum Gasteiger partial charge on any atom is 0.344 e. The molecule has 0 spiro atoms. The van der Waals surface area contributed by atoms with Crippen LogP contribution in [0.5, 0.6) is 5.75 Å². The Balaban J connectivity index is 2.91. The minimum Gasteiger partial charge on any atom is -0.479 e. The van der Waals surface area contributed by atoms with E-state index in [-0.39, 0.29) is 5.88 Å². The van der Waals surface area contributed by atoms with E-state index in [1.165, 1.54) is 0 Å². The van der Waals surface area contributed by atoms with E-state index in [1.807, 2.05) is 6.07 Å². The summed E-state index contributed by atoms with van der Waals surface area (Å²) in [6, 6.07) is 5.32. The van der Waals surface area contributed by atoms with Gasteiger partial charge in [-0.05, 0) is 24.6 Å². The SMILES string of the molecule is CCC(Oc1ccc(Br)cc1CCl)C(=O)O. The summed E-state index contributed by atoms with van der Waals surface area (Å²) in [5.74, 6) is -0.163. The molecule has 0 fully saturated rings. The third-order valence-electron chi connectivity index (χ3n) is 2.08. The number of carboxylic acid groups (broad SMARTS) is 1. The zero-order valence-corrected chi connectivity index (χ0v) is 11.1. The molecule has 1 atom stereocenters. The normalized spacial score (nSPS) is 12.2. The highest BCUT2D eigenvalue weighted by molar-refractivity contribution is 9.10. The van der Waals surface area contributed by atoms with E-state index in [1.54, 1.807) is 19.1 Å². The van der Waals surface area contributed by atoms with Crippen LogP contribution in [-0.4, -0.2) is 17.2 Å². The van der Waals surface area contributed by atoms with Gasteiger partial charge in [0.2, 0.25) is 0 Å². The van der Waals surface area contributed by atoms with Crippen LogP contribution < -0.4 is 4.74 Å². The highest BCUT2D eigenvalue weighted by Gasteiger charge is 2.18. The number of halogens is 2. The molecule has 1 aromatic rings. The zero-order valence-electron chi connectivity index (χ0n) is 8.74. The Morgan fingerprint density at radius 3 is 2.81 bits per heavy atom. The van der Waals surface area contributed by atoms with Gasteiger partial charge in [0.1, 0.15) is 5.75 Å². The lowest BCUT2D eigenvalue weighted by atomic mass is 10.2. The average Bonchev–Trinajstić information content (AvgIpc) is 2.26. The highest BCUT2D eigenvalue weighted by Crippen LogP contribution is 2.26. The maximum atomic E-state index is 10.8. The van der Waals surface area contributed by atoms with Crippen LogP contribution in [0, 0.1) is 0 Å². The Bertz CT molecular complexity index is 381. The molecule has 16 heavy (non-hydrogen) atoms. The molecule has 0 radical (unpaired) electrons. The first kappa shape index (κ1) is 13.3. The molecule has 0 saturated heterocycles. The number of rotatable bonds is 5. The Kier molecular flexibility index (Phi) is 5.09. The van der Waals surface area contributed by atoms with Gasteiger partial charge in [-0.1, -0.05) is 22.9 Å². The number of benzene rings is 1. The van der Waals surface area contributed by atoms with E-state index in [4.69, 9.17) is 21.4 Å². The Labute approximate surface area is 107 Å². The number of carboxylic acids is 1. The number of hydrogen-bond acceptors (Lipinski definition) is 2. The van der Waals surface area contributed by atoms with Gasteiger partial charge in [0, 0.05) is 10.0 Å². The fourth-order valence-corrected chi connectivity index (χ4v) is 1.85. The molecule has 88 valence electrons. The van der Waals surface area contributed by atoms with Crippen molar-refractivity contribution in [3.05, 3.63) is 28.2 Å². The van der Waals surface area contributed by atoms with E-state index in [0.29, 0.717) is 12.2 Å². The molecule has 0 aliphatic carbocycles. The lowest BCUT2D eigenvalue weighted by Gasteiger charge is -2.15. The van der Waals surface area contributed by atoms with Crippen molar-refractivity contribution in [2.45, 2.75) is 25.3 Å². The van der Waals surface area contributed by atoms with E-state index < -0.39 is 12.1 Å². The molecule has 0 aromatic heterocycles. The molecule has 3 nitrogen and oxygen atoms in total. The third-order valence-corrected chi connectivity index (χ3v) is 2.86. The van der Waals surface area contributed by atoms with Gasteiger partial charge >= 0.3 is 5.97 Å². The second-order valence-electron chi connectivity index (χ2n) is 3.24. The molecule has 0 bridgehead atoms. The lowest BCUT2D eigenvalue weighted by Crippen LogP contribution is -2.26. The quantitative estimate of drug-likeness (QED) is 0.848. The first-order valence-corrected chi connectivity index (χ1v) is 6.15. The number of ether oxygens (including phenoxy) is 1. The molecule has 0 heterocycles. The van der Waals surface area contributed by atoms with Crippen LogP contribution in [0.15, 0.2) is 22.7 Å². The van der Waals surface area contributed by atoms with Gasteiger partial charge in [-0.15, -0.1) is 11.6 Å². The van der Waals surface area contributed by atoms with Gasteiger partial charge in [-0.25, -0.2) is 4.79 Å². The topological polar surface area (TPSA) is 46.5 Å². The first-order valence-electron chi connectivity index (χ1n) is 4.82. The van der Waals surface area contributed by atoms with Crippen LogP contribution in [-0.2, 0) is 10.7 Å². The van der Waals surface area contributed by atoms with Crippen LogP contribution >= 0.6 is 27.5 Å². The predicted octanol–water partition coefficient (Wildman–Crippen LogP) is 3.43. The van der Waals surface area contributed by atoms with Crippen molar-refractivity contribution in [2.75, 3.05) is 0 Å². The second kappa shape index (κ2) is 6.11. The Morgan fingerprint density at radius 1 is 1.62 bits per heavy atom. The van der Waals surface area contributed by atoms with Crippen molar-refractivity contribution < 1.29 is 14.6 Å². The van der Waals surface area contributed by atoms with Crippen molar-refractivity contribution in [3.8, 4) is 5.75 Å². The van der Waals surface area contributed by atoms with Crippen molar-refractivity contribution >= 4 is 33.5 Å². The fourth-order valence-electron chi connectivity index (χ4n) is 1.23. The summed E-state index contributed by atoms with van der Waals surface area (Å²) in [6.45, 7) is 1.76. The molecule has 5 heteroatoms. The number of carbonyl (C=O) groups is 1. The second-order valence-corrected chi connectivity index (χ2v) is 4.42. The minimum atomic E-state index is -0.967. The van der Waals surface area contributed by atoms with E-state index in [2.05, 4.69) is 15.9 Å². The molecule has 0 aliphatic rings. The number of aliphatic carboxylic acids is 1.